The number of benzene rings is 1. The normalized spacial score (nSPS) is 13.8. The van der Waals surface area contributed by atoms with Crippen molar-refractivity contribution in [1.82, 2.24) is 4.90 Å². The molecule has 0 radical (unpaired) electrons. The monoisotopic (exact) mass is 263 g/mol. The highest BCUT2D eigenvalue weighted by molar-refractivity contribution is 5.29. The molecule has 0 spiro atoms. The topological polar surface area (TPSA) is 23.5 Å². The first kappa shape index (κ1) is 16.0. The third-order valence-corrected chi connectivity index (χ3v) is 3.68. The largest absolute Gasteiger partial charge is 0.508 e. The number of hydrogen-bond donors (Lipinski definition) is 1. The van der Waals surface area contributed by atoms with Gasteiger partial charge in [-0.25, -0.2) is 0 Å². The summed E-state index contributed by atoms with van der Waals surface area (Å²) in [6.07, 6.45) is 2.47. The third kappa shape index (κ3) is 5.65. The van der Waals surface area contributed by atoms with E-state index in [2.05, 4.69) is 45.6 Å². The van der Waals surface area contributed by atoms with Gasteiger partial charge in [0.2, 0.25) is 0 Å². The maximum Gasteiger partial charge on any atom is 0.115 e. The van der Waals surface area contributed by atoms with Crippen LogP contribution in [0.5, 0.6) is 5.75 Å². The van der Waals surface area contributed by atoms with E-state index in [4.69, 9.17) is 0 Å². The van der Waals surface area contributed by atoms with Gasteiger partial charge in [0.15, 0.2) is 0 Å². The molecule has 0 saturated carbocycles. The fourth-order valence-electron chi connectivity index (χ4n) is 2.43. The minimum Gasteiger partial charge on any atom is -0.508 e. The van der Waals surface area contributed by atoms with Gasteiger partial charge in [0.05, 0.1) is 0 Å². The van der Waals surface area contributed by atoms with Crippen LogP contribution in [-0.2, 0) is 0 Å². The summed E-state index contributed by atoms with van der Waals surface area (Å²) in [6.45, 7) is 13.5. The molecule has 1 aromatic rings. The Morgan fingerprint density at radius 3 is 2.47 bits per heavy atom. The van der Waals surface area contributed by atoms with Crippen molar-refractivity contribution < 1.29 is 5.11 Å². The Kier molecular flexibility index (Phi) is 5.86. The van der Waals surface area contributed by atoms with Gasteiger partial charge >= 0.3 is 0 Å². The van der Waals surface area contributed by atoms with Gasteiger partial charge in [0, 0.05) is 6.04 Å². The van der Waals surface area contributed by atoms with Gasteiger partial charge in [0.1, 0.15) is 5.75 Å². The van der Waals surface area contributed by atoms with Crippen LogP contribution in [-0.4, -0.2) is 23.1 Å². The van der Waals surface area contributed by atoms with Crippen molar-refractivity contribution in [2.45, 2.75) is 53.5 Å². The Hall–Kier alpha value is -1.02. The van der Waals surface area contributed by atoms with Gasteiger partial charge in [-0.2, -0.15) is 0 Å². The maximum atomic E-state index is 9.58. The van der Waals surface area contributed by atoms with Crippen LogP contribution in [0.4, 0.5) is 0 Å². The lowest BCUT2D eigenvalue weighted by atomic mass is 9.90. The molecule has 0 unspecified atom stereocenters. The molecule has 0 heterocycles. The second kappa shape index (κ2) is 6.95. The quantitative estimate of drug-likeness (QED) is 0.810. The average Bonchev–Trinajstić information content (AvgIpc) is 2.32. The first-order chi connectivity index (χ1) is 8.83. The van der Waals surface area contributed by atoms with Crippen molar-refractivity contribution in [2.75, 3.05) is 13.1 Å². The van der Waals surface area contributed by atoms with E-state index in [0.29, 0.717) is 17.2 Å². The number of rotatable bonds is 6. The SMILES string of the molecule is CCN(CCCC(C)(C)C)[C@@H](C)c1cccc(O)c1. The molecule has 19 heavy (non-hydrogen) atoms. The van der Waals surface area contributed by atoms with Crippen LogP contribution in [0.25, 0.3) is 0 Å². The van der Waals surface area contributed by atoms with Crippen LogP contribution in [0.1, 0.15) is 59.1 Å². The molecule has 108 valence electrons. The van der Waals surface area contributed by atoms with E-state index in [1.165, 1.54) is 18.4 Å². The number of phenols is 1. The highest BCUT2D eigenvalue weighted by Gasteiger charge is 2.16. The fraction of sp³-hybridized carbons (Fsp3) is 0.647. The van der Waals surface area contributed by atoms with Gasteiger partial charge in [-0.05, 0) is 56.0 Å². The molecule has 2 nitrogen and oxygen atoms in total. The first-order valence-electron chi connectivity index (χ1n) is 7.36. The lowest BCUT2D eigenvalue weighted by Gasteiger charge is -2.29. The zero-order valence-electron chi connectivity index (χ0n) is 13.1. The Balaban J connectivity index is 2.59. The minimum atomic E-state index is 0.357. The Bertz CT molecular complexity index is 381. The van der Waals surface area contributed by atoms with E-state index in [1.54, 1.807) is 6.07 Å². The Morgan fingerprint density at radius 1 is 1.26 bits per heavy atom. The molecule has 0 bridgehead atoms. The van der Waals surface area contributed by atoms with Gasteiger partial charge < -0.3 is 5.11 Å². The molecule has 0 aliphatic rings. The molecule has 0 aromatic heterocycles. The van der Waals surface area contributed by atoms with Crippen LogP contribution in [0.2, 0.25) is 0 Å². The maximum absolute atomic E-state index is 9.58. The van der Waals surface area contributed by atoms with Crippen molar-refractivity contribution >= 4 is 0 Å². The zero-order chi connectivity index (χ0) is 14.5. The molecule has 1 aromatic carbocycles. The first-order valence-corrected chi connectivity index (χ1v) is 7.36. The lowest BCUT2D eigenvalue weighted by Crippen LogP contribution is -2.28. The summed E-state index contributed by atoms with van der Waals surface area (Å²) in [5, 5.41) is 9.58. The number of hydrogen-bond acceptors (Lipinski definition) is 2. The molecule has 0 aliphatic carbocycles. The highest BCUT2D eigenvalue weighted by atomic mass is 16.3. The van der Waals surface area contributed by atoms with Crippen molar-refractivity contribution in [3.8, 4) is 5.75 Å². The minimum absolute atomic E-state index is 0.357. The van der Waals surface area contributed by atoms with Crippen molar-refractivity contribution in [1.29, 1.82) is 0 Å². The van der Waals surface area contributed by atoms with E-state index in [0.717, 1.165) is 13.1 Å². The molecule has 1 rings (SSSR count). The molecule has 0 aliphatic heterocycles. The summed E-state index contributed by atoms with van der Waals surface area (Å²) in [4.78, 5) is 2.47. The van der Waals surface area contributed by atoms with E-state index in [-0.39, 0.29) is 0 Å². The summed E-state index contributed by atoms with van der Waals surface area (Å²) in [6, 6.07) is 7.97. The summed E-state index contributed by atoms with van der Waals surface area (Å²) in [5.41, 5.74) is 1.60. The third-order valence-electron chi connectivity index (χ3n) is 3.68. The van der Waals surface area contributed by atoms with Crippen molar-refractivity contribution in [3.63, 3.8) is 0 Å². The van der Waals surface area contributed by atoms with E-state index in [1.807, 2.05) is 12.1 Å². The van der Waals surface area contributed by atoms with Gasteiger partial charge in [-0.15, -0.1) is 0 Å². The second-order valence-electron chi connectivity index (χ2n) is 6.56. The molecular weight excluding hydrogens is 234 g/mol. The van der Waals surface area contributed by atoms with E-state index >= 15 is 0 Å². The van der Waals surface area contributed by atoms with Crippen LogP contribution < -0.4 is 0 Å². The van der Waals surface area contributed by atoms with Gasteiger partial charge in [-0.3, -0.25) is 4.90 Å². The number of nitrogens with zero attached hydrogens (tertiary/aromatic N) is 1. The summed E-state index contributed by atoms with van der Waals surface area (Å²) >= 11 is 0. The average molecular weight is 263 g/mol. The van der Waals surface area contributed by atoms with E-state index in [9.17, 15) is 5.11 Å². The van der Waals surface area contributed by atoms with Crippen LogP contribution >= 0.6 is 0 Å². The fourth-order valence-corrected chi connectivity index (χ4v) is 2.43. The van der Waals surface area contributed by atoms with Crippen LogP contribution in [0.15, 0.2) is 24.3 Å². The van der Waals surface area contributed by atoms with Crippen LogP contribution in [0, 0.1) is 5.41 Å². The molecule has 0 saturated heterocycles. The second-order valence-corrected chi connectivity index (χ2v) is 6.56. The molecule has 1 N–H and O–H groups in total. The van der Waals surface area contributed by atoms with Crippen LogP contribution in [0.3, 0.4) is 0 Å². The number of aromatic hydroxyl groups is 1. The Morgan fingerprint density at radius 2 is 1.95 bits per heavy atom. The predicted octanol–water partition coefficient (Wildman–Crippen LogP) is 4.60. The Labute approximate surface area is 118 Å². The molecule has 2 heteroatoms. The predicted molar refractivity (Wildman–Crippen MR) is 82.5 cm³/mol. The lowest BCUT2D eigenvalue weighted by molar-refractivity contribution is 0.205. The molecule has 1 atom stereocenters. The van der Waals surface area contributed by atoms with Crippen molar-refractivity contribution in [2.24, 2.45) is 5.41 Å². The van der Waals surface area contributed by atoms with Gasteiger partial charge in [0.25, 0.3) is 0 Å². The zero-order valence-corrected chi connectivity index (χ0v) is 13.1. The highest BCUT2D eigenvalue weighted by Crippen LogP contribution is 2.25. The summed E-state index contributed by atoms with van der Waals surface area (Å²) in [7, 11) is 0. The molecule has 0 amide bonds. The standard InChI is InChI=1S/C17H29NO/c1-6-18(12-8-11-17(3,4)5)14(2)15-9-7-10-16(19)13-15/h7,9-10,13-14,19H,6,8,11-12H2,1-5H3/t14-/m0/s1. The smallest absolute Gasteiger partial charge is 0.115 e. The van der Waals surface area contributed by atoms with Crippen molar-refractivity contribution in [3.05, 3.63) is 29.8 Å². The van der Waals surface area contributed by atoms with E-state index < -0.39 is 0 Å². The van der Waals surface area contributed by atoms with Gasteiger partial charge in [-0.1, -0.05) is 39.8 Å². The molecular formula is C17H29NO. The number of phenolic OH excluding ortho intramolecular Hbond substituents is 1. The summed E-state index contributed by atoms with van der Waals surface area (Å²) < 4.78 is 0. The summed E-state index contributed by atoms with van der Waals surface area (Å²) in [5.74, 6) is 0.357. The molecule has 0 fully saturated rings.